The number of nitrogens with zero attached hydrogens (tertiary/aromatic N) is 3. The lowest BCUT2D eigenvalue weighted by molar-refractivity contribution is 0.256. The van der Waals surface area contributed by atoms with Crippen molar-refractivity contribution in [2.75, 3.05) is 12.4 Å². The molecule has 0 saturated carbocycles. The van der Waals surface area contributed by atoms with Crippen molar-refractivity contribution in [3.63, 3.8) is 0 Å². The molecule has 35 heavy (non-hydrogen) atoms. The molecule has 0 aliphatic heterocycles. The van der Waals surface area contributed by atoms with Gasteiger partial charge in [-0.05, 0) is 60.8 Å². The van der Waals surface area contributed by atoms with Gasteiger partial charge in [-0.25, -0.2) is 14.5 Å². The molecule has 184 valence electrons. The summed E-state index contributed by atoms with van der Waals surface area (Å²) in [6.07, 6.45) is 6.18. The zero-order valence-electron chi connectivity index (χ0n) is 19.1. The molecule has 0 spiro atoms. The smallest absolute Gasteiger partial charge is 0.451 e. The van der Waals surface area contributed by atoms with Crippen molar-refractivity contribution in [2.24, 2.45) is 0 Å². The summed E-state index contributed by atoms with van der Waals surface area (Å²) >= 11 is 0. The minimum atomic E-state index is -4.23. The van der Waals surface area contributed by atoms with Crippen molar-refractivity contribution in [3.8, 4) is 17.0 Å². The van der Waals surface area contributed by atoms with Gasteiger partial charge >= 0.3 is 13.1 Å². The van der Waals surface area contributed by atoms with Crippen LogP contribution in [0.2, 0.25) is 6.32 Å². The molecule has 4 rings (SSSR count). The van der Waals surface area contributed by atoms with Crippen LogP contribution in [0.15, 0.2) is 47.8 Å². The summed E-state index contributed by atoms with van der Waals surface area (Å²) < 4.78 is 34.1. The standard InChI is InChI=1S/C22H26BN5O6S/c1-34-19-14-16(8-11-24-19)18-7-6-15-4-2-5-17(15)21(18)25-22(29)27-35(32,33)20-9-13-28(26-20)12-3-10-23(30)31/h6-9,11,13-14,30-31H,2-5,10,12H2,1H3,(H2,25,27,29). The number of aromatic nitrogens is 3. The van der Waals surface area contributed by atoms with Gasteiger partial charge in [-0.1, -0.05) is 12.1 Å². The van der Waals surface area contributed by atoms with E-state index in [1.807, 2.05) is 16.9 Å². The van der Waals surface area contributed by atoms with E-state index in [-0.39, 0.29) is 11.3 Å². The Morgan fingerprint density at radius 2 is 2.06 bits per heavy atom. The minimum absolute atomic E-state index is 0.135. The van der Waals surface area contributed by atoms with Crippen LogP contribution < -0.4 is 14.8 Å². The second-order valence-corrected chi connectivity index (χ2v) is 9.80. The van der Waals surface area contributed by atoms with Gasteiger partial charge in [0.2, 0.25) is 5.88 Å². The number of carbonyl (C=O) groups excluding carboxylic acids is 1. The molecule has 0 saturated heterocycles. The zero-order chi connectivity index (χ0) is 25.0. The van der Waals surface area contributed by atoms with E-state index in [0.29, 0.717) is 24.5 Å². The molecule has 11 nitrogen and oxygen atoms in total. The average Bonchev–Trinajstić information content (AvgIpc) is 3.49. The van der Waals surface area contributed by atoms with Crippen LogP contribution in [0.5, 0.6) is 5.88 Å². The first-order valence-corrected chi connectivity index (χ1v) is 12.6. The van der Waals surface area contributed by atoms with Gasteiger partial charge in [-0.2, -0.15) is 13.5 Å². The van der Waals surface area contributed by atoms with Crippen molar-refractivity contribution in [3.05, 3.63) is 53.9 Å². The molecule has 0 radical (unpaired) electrons. The van der Waals surface area contributed by atoms with E-state index in [4.69, 9.17) is 14.8 Å². The predicted octanol–water partition coefficient (Wildman–Crippen LogP) is 1.82. The summed E-state index contributed by atoms with van der Waals surface area (Å²) in [7, 11) is -4.14. The topological polar surface area (TPSA) is 156 Å². The average molecular weight is 499 g/mol. The Labute approximate surface area is 203 Å². The van der Waals surface area contributed by atoms with E-state index < -0.39 is 23.2 Å². The van der Waals surface area contributed by atoms with Crippen LogP contribution >= 0.6 is 0 Å². The Balaban J connectivity index is 1.54. The Morgan fingerprint density at radius 1 is 1.23 bits per heavy atom. The summed E-state index contributed by atoms with van der Waals surface area (Å²) in [6.45, 7) is 0.300. The largest absolute Gasteiger partial charge is 0.481 e. The number of carbonyl (C=O) groups is 1. The van der Waals surface area contributed by atoms with Crippen molar-refractivity contribution in [2.45, 2.75) is 43.6 Å². The highest BCUT2D eigenvalue weighted by Gasteiger charge is 2.24. The Kier molecular flexibility index (Phi) is 7.38. The maximum Gasteiger partial charge on any atom is 0.451 e. The maximum absolute atomic E-state index is 12.8. The molecule has 0 atom stereocenters. The van der Waals surface area contributed by atoms with Crippen molar-refractivity contribution < 1.29 is 28.0 Å². The molecule has 2 amide bonds. The van der Waals surface area contributed by atoms with E-state index >= 15 is 0 Å². The van der Waals surface area contributed by atoms with Crippen molar-refractivity contribution in [1.82, 2.24) is 19.5 Å². The fourth-order valence-electron chi connectivity index (χ4n) is 4.10. The number of ether oxygens (including phenoxy) is 1. The highest BCUT2D eigenvalue weighted by Crippen LogP contribution is 2.38. The lowest BCUT2D eigenvalue weighted by Crippen LogP contribution is -2.35. The SMILES string of the molecule is COc1cc(-c2ccc3c(c2NC(=O)NS(=O)(=O)c2ccn(CCCB(O)O)n2)CCC3)ccn1. The third-order valence-corrected chi connectivity index (χ3v) is 6.97. The van der Waals surface area contributed by atoms with Crippen molar-refractivity contribution in [1.29, 1.82) is 0 Å². The Morgan fingerprint density at radius 3 is 2.83 bits per heavy atom. The van der Waals surface area contributed by atoms with Crippen molar-refractivity contribution >= 4 is 28.9 Å². The Hall–Kier alpha value is -3.42. The fourth-order valence-corrected chi connectivity index (χ4v) is 4.95. The summed E-state index contributed by atoms with van der Waals surface area (Å²) in [6, 6.07) is 7.84. The summed E-state index contributed by atoms with van der Waals surface area (Å²) in [4.78, 5) is 17.0. The first-order valence-electron chi connectivity index (χ1n) is 11.2. The summed E-state index contributed by atoms with van der Waals surface area (Å²) in [5, 5.41) is 24.3. The monoisotopic (exact) mass is 499 g/mol. The molecular formula is C22H26BN5O6S. The third-order valence-electron chi connectivity index (χ3n) is 5.74. The quantitative estimate of drug-likeness (QED) is 0.325. The highest BCUT2D eigenvalue weighted by atomic mass is 32.2. The van der Waals surface area contributed by atoms with Gasteiger partial charge in [0.1, 0.15) is 0 Å². The fraction of sp³-hybridized carbons (Fsp3) is 0.318. The number of rotatable bonds is 9. The number of methoxy groups -OCH3 is 1. The third kappa shape index (κ3) is 5.81. The number of nitrogens with one attached hydrogen (secondary N) is 2. The molecule has 1 aliphatic rings. The van der Waals surface area contributed by atoms with Gasteiger partial charge in [0.05, 0.1) is 12.8 Å². The lowest BCUT2D eigenvalue weighted by Gasteiger charge is -2.17. The number of amides is 2. The van der Waals surface area contributed by atoms with E-state index in [0.717, 1.165) is 41.5 Å². The Bertz CT molecular complexity index is 1330. The van der Waals surface area contributed by atoms with Gasteiger partial charge in [0.15, 0.2) is 5.03 Å². The maximum atomic E-state index is 12.8. The van der Waals surface area contributed by atoms with Crippen LogP contribution in [0, 0.1) is 0 Å². The number of fused-ring (bicyclic) bond motifs is 1. The first kappa shape index (κ1) is 24.7. The second kappa shape index (κ2) is 10.5. The number of hydrogen-bond acceptors (Lipinski definition) is 8. The molecule has 1 aliphatic carbocycles. The molecule has 3 aromatic rings. The number of aryl methyl sites for hydroxylation is 2. The number of pyridine rings is 1. The van der Waals surface area contributed by atoms with E-state index in [2.05, 4.69) is 15.4 Å². The van der Waals surface area contributed by atoms with Crippen LogP contribution in [0.25, 0.3) is 11.1 Å². The molecule has 0 unspecified atom stereocenters. The normalized spacial score (nSPS) is 12.8. The number of benzene rings is 1. The molecule has 0 fully saturated rings. The van der Waals surface area contributed by atoms with Crippen LogP contribution in [-0.2, 0) is 29.4 Å². The molecule has 2 aromatic heterocycles. The minimum Gasteiger partial charge on any atom is -0.481 e. The number of urea groups is 1. The number of anilines is 1. The number of hydrogen-bond donors (Lipinski definition) is 4. The molecular weight excluding hydrogens is 473 g/mol. The summed E-state index contributed by atoms with van der Waals surface area (Å²) in [5.74, 6) is 0.421. The van der Waals surface area contributed by atoms with Crippen LogP contribution in [0.1, 0.15) is 24.0 Å². The highest BCUT2D eigenvalue weighted by molar-refractivity contribution is 7.90. The predicted molar refractivity (Wildman–Crippen MR) is 129 cm³/mol. The van der Waals surface area contributed by atoms with Gasteiger partial charge in [-0.15, -0.1) is 0 Å². The van der Waals surface area contributed by atoms with Gasteiger partial charge in [0.25, 0.3) is 10.0 Å². The van der Waals surface area contributed by atoms with Crippen LogP contribution in [0.4, 0.5) is 10.5 Å². The second-order valence-electron chi connectivity index (χ2n) is 8.17. The van der Waals surface area contributed by atoms with Crippen LogP contribution in [0.3, 0.4) is 0 Å². The van der Waals surface area contributed by atoms with Gasteiger partial charge < -0.3 is 20.1 Å². The zero-order valence-corrected chi connectivity index (χ0v) is 20.0. The van der Waals surface area contributed by atoms with E-state index in [1.54, 1.807) is 18.3 Å². The first-order chi connectivity index (χ1) is 16.8. The molecule has 1 aromatic carbocycles. The molecule has 4 N–H and O–H groups in total. The molecule has 0 bridgehead atoms. The van der Waals surface area contributed by atoms with Crippen LogP contribution in [-0.4, -0.2) is 53.5 Å². The lowest BCUT2D eigenvalue weighted by atomic mass is 9.85. The van der Waals surface area contributed by atoms with Gasteiger partial charge in [0, 0.05) is 30.6 Å². The molecule has 13 heteroatoms. The van der Waals surface area contributed by atoms with E-state index in [1.165, 1.54) is 24.1 Å². The number of sulfonamides is 1. The van der Waals surface area contributed by atoms with Gasteiger partial charge in [-0.3, -0.25) is 4.68 Å². The molecule has 2 heterocycles. The summed E-state index contributed by atoms with van der Waals surface area (Å²) in [5.41, 5.74) is 4.14. The van der Waals surface area contributed by atoms with E-state index in [9.17, 15) is 13.2 Å².